The molecular weight excluding hydrogens is 903 g/mol. The summed E-state index contributed by atoms with van der Waals surface area (Å²) in [5, 5.41) is 8.29. The van der Waals surface area contributed by atoms with Gasteiger partial charge in [0.25, 0.3) is 0 Å². The number of rotatable bonds is 6. The minimum absolute atomic E-state index is 0. The summed E-state index contributed by atoms with van der Waals surface area (Å²) in [6, 6.07) is 58.8. The molecule has 0 saturated heterocycles. The number of hydrogen-bond donors (Lipinski definition) is 0. The topological polar surface area (TPSA) is 0 Å². The molecule has 2 heteroatoms. The fourth-order valence-electron chi connectivity index (χ4n) is 8.32. The van der Waals surface area contributed by atoms with Gasteiger partial charge in [-0.2, -0.15) is 41.6 Å². The van der Waals surface area contributed by atoms with Crippen LogP contribution in [-0.2, 0) is 36.7 Å². The molecule has 0 amide bonds. The van der Waals surface area contributed by atoms with Crippen molar-refractivity contribution in [2.75, 3.05) is 0 Å². The predicted octanol–water partition coefficient (Wildman–Crippen LogP) is 15.2. The van der Waals surface area contributed by atoms with Crippen molar-refractivity contribution in [2.45, 2.75) is 105 Å². The first-order valence-corrected chi connectivity index (χ1v) is 22.7. The average molecular weight is 965 g/mol. The van der Waals surface area contributed by atoms with Crippen molar-refractivity contribution in [3.05, 3.63) is 180 Å². The molecule has 0 aromatic heterocycles. The number of fused-ring (bicyclic) bond motifs is 5. The SMILES string of the molecule is CCC(C)c1ccccc1-c1cccc2[cH-]c(C(C)(C)C)cc12.CCC(C)c1ccccc1-c1cccc2[cH-]c(C(C)(C)C)cc12.[Hf].[c-]1cccc2c1[Si]c1ccccc1-2. The first-order chi connectivity index (χ1) is 28.3. The summed E-state index contributed by atoms with van der Waals surface area (Å²) in [5.41, 5.74) is 14.4. The van der Waals surface area contributed by atoms with Crippen LogP contribution in [0.3, 0.4) is 0 Å². The molecule has 1 aliphatic rings. The van der Waals surface area contributed by atoms with E-state index in [0.717, 1.165) is 9.52 Å². The third kappa shape index (κ3) is 9.72. The minimum atomic E-state index is 0. The van der Waals surface area contributed by atoms with Gasteiger partial charge in [0.1, 0.15) is 0 Å². The summed E-state index contributed by atoms with van der Waals surface area (Å²) in [6.07, 6.45) is 2.34. The van der Waals surface area contributed by atoms with Crippen LogP contribution in [0.25, 0.3) is 54.9 Å². The number of hydrogen-bond acceptors (Lipinski definition) is 0. The van der Waals surface area contributed by atoms with E-state index in [4.69, 9.17) is 0 Å². The van der Waals surface area contributed by atoms with Crippen molar-refractivity contribution in [2.24, 2.45) is 0 Å². The van der Waals surface area contributed by atoms with E-state index >= 15 is 0 Å². The van der Waals surface area contributed by atoms with Crippen molar-refractivity contribution < 1.29 is 25.8 Å². The molecule has 2 radical (unpaired) electrons. The Morgan fingerprint density at radius 3 is 1.38 bits per heavy atom. The molecule has 1 heterocycles. The standard InChI is InChI=1S/2C23H27.C12H7Si.Hf/c2*1-6-16(2)19-11-7-8-12-20(19)21-13-9-10-17-14-18(15-22(17)21)23(3,4)5;1-3-7-11-9(5-1)10-6-2-4-8-12(10)13-11;/h2*7-16H,6H2,1-5H3;1-7H;/q3*-1;. The van der Waals surface area contributed by atoms with Gasteiger partial charge in [-0.15, -0.1) is 74.6 Å². The Kier molecular flexibility index (Phi) is 14.4. The molecule has 8 aromatic rings. The van der Waals surface area contributed by atoms with Crippen LogP contribution in [0, 0.1) is 6.07 Å². The van der Waals surface area contributed by atoms with Crippen LogP contribution >= 0.6 is 0 Å². The molecule has 8 aromatic carbocycles. The third-order valence-electron chi connectivity index (χ3n) is 12.4. The molecule has 9 rings (SSSR count). The molecule has 60 heavy (non-hydrogen) atoms. The van der Waals surface area contributed by atoms with Crippen LogP contribution < -0.4 is 10.4 Å². The Labute approximate surface area is 382 Å². The van der Waals surface area contributed by atoms with Gasteiger partial charge in [0.2, 0.25) is 0 Å². The Morgan fingerprint density at radius 2 is 0.917 bits per heavy atom. The van der Waals surface area contributed by atoms with Crippen molar-refractivity contribution in [3.8, 4) is 33.4 Å². The fourth-order valence-corrected chi connectivity index (χ4v) is 9.63. The molecule has 0 bridgehead atoms. The van der Waals surface area contributed by atoms with Crippen molar-refractivity contribution in [1.82, 2.24) is 0 Å². The van der Waals surface area contributed by atoms with Crippen LogP contribution in [0.2, 0.25) is 0 Å². The summed E-state index contributed by atoms with van der Waals surface area (Å²) in [4.78, 5) is 0. The van der Waals surface area contributed by atoms with Crippen molar-refractivity contribution in [1.29, 1.82) is 0 Å². The normalized spacial score (nSPS) is 13.0. The summed E-state index contributed by atoms with van der Waals surface area (Å²) in [6.45, 7) is 22.9. The van der Waals surface area contributed by atoms with Crippen LogP contribution in [0.15, 0.2) is 152 Å². The second kappa shape index (κ2) is 19.1. The van der Waals surface area contributed by atoms with Gasteiger partial charge in [0.15, 0.2) is 0 Å². The van der Waals surface area contributed by atoms with Crippen molar-refractivity contribution in [3.63, 3.8) is 0 Å². The Hall–Kier alpha value is -4.37. The van der Waals surface area contributed by atoms with Gasteiger partial charge in [-0.3, -0.25) is 0 Å². The molecule has 0 nitrogen and oxygen atoms in total. The second-order valence-electron chi connectivity index (χ2n) is 18.5. The van der Waals surface area contributed by atoms with Crippen LogP contribution in [0.1, 0.15) is 116 Å². The first kappa shape index (κ1) is 45.2. The van der Waals surface area contributed by atoms with E-state index in [1.54, 1.807) is 0 Å². The maximum Gasteiger partial charge on any atom is 0.0920 e. The first-order valence-electron chi connectivity index (χ1n) is 21.7. The fraction of sp³-hybridized carbons (Fsp3) is 0.276. The Bertz CT molecular complexity index is 2490. The minimum Gasteiger partial charge on any atom is -0.184 e. The van der Waals surface area contributed by atoms with E-state index in [1.807, 2.05) is 6.07 Å². The summed E-state index contributed by atoms with van der Waals surface area (Å²) >= 11 is 0. The molecule has 2 atom stereocenters. The molecule has 0 fully saturated rings. The molecule has 2 unspecified atom stereocenters. The summed E-state index contributed by atoms with van der Waals surface area (Å²) < 4.78 is 0. The van der Waals surface area contributed by atoms with Crippen molar-refractivity contribution >= 4 is 41.4 Å². The van der Waals surface area contributed by atoms with Crippen LogP contribution in [-0.4, -0.2) is 9.52 Å². The second-order valence-corrected chi connectivity index (χ2v) is 19.8. The molecule has 304 valence electrons. The molecule has 1 aliphatic heterocycles. The van der Waals surface area contributed by atoms with E-state index in [9.17, 15) is 0 Å². The van der Waals surface area contributed by atoms with E-state index in [2.05, 4.69) is 221 Å². The predicted molar refractivity (Wildman–Crippen MR) is 261 cm³/mol. The average Bonchev–Trinajstić information content (AvgIpc) is 3.99. The van der Waals surface area contributed by atoms with Gasteiger partial charge >= 0.3 is 0 Å². The zero-order valence-electron chi connectivity index (χ0n) is 37.5. The van der Waals surface area contributed by atoms with Gasteiger partial charge in [0, 0.05) is 25.8 Å². The number of benzene rings is 6. The third-order valence-corrected chi connectivity index (χ3v) is 13.7. The van der Waals surface area contributed by atoms with Gasteiger partial charge in [0.05, 0.1) is 9.52 Å². The van der Waals surface area contributed by atoms with E-state index < -0.39 is 0 Å². The van der Waals surface area contributed by atoms with Gasteiger partial charge in [-0.1, -0.05) is 176 Å². The zero-order valence-corrected chi connectivity index (χ0v) is 42.1. The maximum absolute atomic E-state index is 3.31. The van der Waals surface area contributed by atoms with E-state index in [0.29, 0.717) is 11.8 Å². The quantitative estimate of drug-likeness (QED) is 0.115. The maximum atomic E-state index is 3.31. The van der Waals surface area contributed by atoms with Gasteiger partial charge < -0.3 is 0 Å². The van der Waals surface area contributed by atoms with Crippen LogP contribution in [0.4, 0.5) is 0 Å². The monoisotopic (exact) mass is 965 g/mol. The van der Waals surface area contributed by atoms with Gasteiger partial charge in [-0.25, -0.2) is 0 Å². The smallest absolute Gasteiger partial charge is 0.0920 e. The largest absolute Gasteiger partial charge is 0.184 e. The van der Waals surface area contributed by atoms with E-state index in [1.165, 1.54) is 100 Å². The van der Waals surface area contributed by atoms with E-state index in [-0.39, 0.29) is 36.7 Å². The summed E-state index contributed by atoms with van der Waals surface area (Å²) in [5.74, 6) is 1.16. The molecule has 0 spiro atoms. The molecule has 0 saturated carbocycles. The zero-order chi connectivity index (χ0) is 41.9. The Morgan fingerprint density at radius 1 is 0.500 bits per heavy atom. The molecular formula is C58H61HfSi-3. The Balaban J connectivity index is 0.000000155. The molecule has 0 aliphatic carbocycles. The van der Waals surface area contributed by atoms with Crippen LogP contribution in [0.5, 0.6) is 0 Å². The van der Waals surface area contributed by atoms with Gasteiger partial charge in [-0.05, 0) is 57.8 Å². The molecule has 0 N–H and O–H groups in total. The summed E-state index contributed by atoms with van der Waals surface area (Å²) in [7, 11) is 0.795.